The van der Waals surface area contributed by atoms with E-state index in [0.717, 1.165) is 0 Å². The maximum Gasteiger partial charge on any atom is 0.226 e. The average molecular weight is 96.9 g/mol. The van der Waals surface area contributed by atoms with E-state index in [-0.39, 0.29) is 11.8 Å². The number of nitrogens with one attached hydrogen (secondary N) is 1. The Morgan fingerprint density at radius 2 is 2.14 bits per heavy atom. The van der Waals surface area contributed by atoms with Gasteiger partial charge in [-0.05, 0) is 0 Å². The molecule has 0 rings (SSSR count). The van der Waals surface area contributed by atoms with Crippen LogP contribution in [0.25, 0.3) is 0 Å². The molecule has 0 aromatic heterocycles. The summed E-state index contributed by atoms with van der Waals surface area (Å²) in [6.45, 7) is 3.56. The molecule has 0 fully saturated rings. The Hall–Kier alpha value is -0.465. The topological polar surface area (TPSA) is 29.1 Å². The van der Waals surface area contributed by atoms with E-state index in [9.17, 15) is 4.79 Å². The molecule has 0 spiro atoms. The average Bonchev–Trinajstić information content (AvgIpc) is 1.65. The molecule has 0 saturated carbocycles. The van der Waals surface area contributed by atoms with E-state index in [1.165, 1.54) is 0 Å². The SMILES string of the molecule is [B]NC(=O)C(C)C. The van der Waals surface area contributed by atoms with E-state index < -0.39 is 0 Å². The zero-order valence-corrected chi connectivity index (χ0v) is 4.56. The molecule has 0 aromatic rings. The number of hydrogen-bond acceptors (Lipinski definition) is 1. The van der Waals surface area contributed by atoms with Gasteiger partial charge in [0.05, 0.1) is 0 Å². The Bertz CT molecular complexity index is 72.1. The van der Waals surface area contributed by atoms with Crippen molar-refractivity contribution in [2.75, 3.05) is 0 Å². The molecular weight excluding hydrogens is 88.9 g/mol. The molecular formula is C4H8BNO. The third-order valence-corrected chi connectivity index (χ3v) is 0.667. The van der Waals surface area contributed by atoms with E-state index in [4.69, 9.17) is 7.98 Å². The highest BCUT2D eigenvalue weighted by molar-refractivity contribution is 6.14. The van der Waals surface area contributed by atoms with Gasteiger partial charge >= 0.3 is 0 Å². The minimum absolute atomic E-state index is 0.00926. The van der Waals surface area contributed by atoms with Crippen LogP contribution in [-0.4, -0.2) is 13.9 Å². The molecule has 0 saturated heterocycles. The van der Waals surface area contributed by atoms with E-state index in [0.29, 0.717) is 0 Å². The molecule has 7 heavy (non-hydrogen) atoms. The second kappa shape index (κ2) is 2.67. The Labute approximate surface area is 44.7 Å². The second-order valence-electron chi connectivity index (χ2n) is 1.66. The summed E-state index contributed by atoms with van der Waals surface area (Å²) >= 11 is 0. The van der Waals surface area contributed by atoms with Crippen LogP contribution in [0.1, 0.15) is 13.8 Å². The first kappa shape index (κ1) is 6.53. The minimum atomic E-state index is -0.125. The maximum atomic E-state index is 10.3. The van der Waals surface area contributed by atoms with Gasteiger partial charge in [-0.25, -0.2) is 0 Å². The van der Waals surface area contributed by atoms with Crippen molar-refractivity contribution in [3.05, 3.63) is 0 Å². The third kappa shape index (κ3) is 2.26. The van der Waals surface area contributed by atoms with E-state index in [1.54, 1.807) is 13.8 Å². The van der Waals surface area contributed by atoms with Gasteiger partial charge in [0.2, 0.25) is 13.9 Å². The summed E-state index contributed by atoms with van der Waals surface area (Å²) in [5.41, 5.74) is 0. The van der Waals surface area contributed by atoms with Crippen molar-refractivity contribution in [2.24, 2.45) is 5.92 Å². The van der Waals surface area contributed by atoms with Crippen LogP contribution < -0.4 is 5.23 Å². The first-order chi connectivity index (χ1) is 3.18. The summed E-state index contributed by atoms with van der Waals surface area (Å²) in [7, 11) is 4.77. The van der Waals surface area contributed by atoms with Crippen molar-refractivity contribution in [3.8, 4) is 0 Å². The minimum Gasteiger partial charge on any atom is -0.409 e. The zero-order chi connectivity index (χ0) is 5.86. The molecule has 0 aliphatic carbocycles. The van der Waals surface area contributed by atoms with Crippen LogP contribution in [0, 0.1) is 5.92 Å². The molecule has 0 aliphatic heterocycles. The standard InChI is InChI=1S/C4H8BNO/c1-3(2)4(7)6-5/h3H,1-2H3,(H,6,7). The molecule has 1 N–H and O–H groups in total. The third-order valence-electron chi connectivity index (χ3n) is 0.667. The maximum absolute atomic E-state index is 10.3. The predicted molar refractivity (Wildman–Crippen MR) is 28.7 cm³/mol. The number of carbonyl (C=O) groups is 1. The van der Waals surface area contributed by atoms with Gasteiger partial charge in [0.25, 0.3) is 0 Å². The summed E-state index contributed by atoms with van der Waals surface area (Å²) in [5.74, 6) is -0.134. The predicted octanol–water partition coefficient (Wildman–Crippen LogP) is -0.158. The first-order valence-electron chi connectivity index (χ1n) is 2.19. The Morgan fingerprint density at radius 3 is 2.14 bits per heavy atom. The van der Waals surface area contributed by atoms with Crippen molar-refractivity contribution in [1.29, 1.82) is 0 Å². The smallest absolute Gasteiger partial charge is 0.226 e. The molecule has 2 nitrogen and oxygen atoms in total. The highest BCUT2D eigenvalue weighted by Crippen LogP contribution is 1.87. The van der Waals surface area contributed by atoms with Gasteiger partial charge in [0.15, 0.2) is 0 Å². The van der Waals surface area contributed by atoms with Gasteiger partial charge in [0.1, 0.15) is 0 Å². The molecule has 0 bridgehead atoms. The van der Waals surface area contributed by atoms with Crippen molar-refractivity contribution < 1.29 is 4.79 Å². The van der Waals surface area contributed by atoms with Crippen molar-refractivity contribution in [2.45, 2.75) is 13.8 Å². The Morgan fingerprint density at radius 1 is 1.71 bits per heavy atom. The Kier molecular flexibility index (Phi) is 2.49. The van der Waals surface area contributed by atoms with E-state index >= 15 is 0 Å². The molecule has 0 heterocycles. The number of rotatable bonds is 1. The lowest BCUT2D eigenvalue weighted by Crippen LogP contribution is -2.24. The monoisotopic (exact) mass is 97.1 g/mol. The van der Waals surface area contributed by atoms with Gasteiger partial charge in [-0.15, -0.1) is 0 Å². The summed E-state index contributed by atoms with van der Waals surface area (Å²) < 4.78 is 0. The molecule has 0 unspecified atom stereocenters. The molecule has 3 heteroatoms. The van der Waals surface area contributed by atoms with E-state index in [1.807, 2.05) is 5.23 Å². The van der Waals surface area contributed by atoms with Crippen molar-refractivity contribution >= 4 is 13.9 Å². The zero-order valence-electron chi connectivity index (χ0n) is 4.56. The van der Waals surface area contributed by atoms with E-state index in [2.05, 4.69) is 0 Å². The molecule has 1 amide bonds. The number of amides is 1. The fourth-order valence-corrected chi connectivity index (χ4v) is 0.167. The van der Waals surface area contributed by atoms with Gasteiger partial charge in [-0.2, -0.15) is 0 Å². The van der Waals surface area contributed by atoms with Crippen LogP contribution in [0.5, 0.6) is 0 Å². The second-order valence-corrected chi connectivity index (χ2v) is 1.66. The van der Waals surface area contributed by atoms with Crippen LogP contribution in [0.3, 0.4) is 0 Å². The van der Waals surface area contributed by atoms with Crippen molar-refractivity contribution in [3.63, 3.8) is 0 Å². The molecule has 0 atom stereocenters. The van der Waals surface area contributed by atoms with Gasteiger partial charge < -0.3 is 5.23 Å². The molecule has 38 valence electrons. The molecule has 2 radical (unpaired) electrons. The summed E-state index contributed by atoms with van der Waals surface area (Å²) in [5, 5.41) is 2.03. The van der Waals surface area contributed by atoms with Gasteiger partial charge in [-0.1, -0.05) is 13.8 Å². The fourth-order valence-electron chi connectivity index (χ4n) is 0.167. The fraction of sp³-hybridized carbons (Fsp3) is 0.750. The van der Waals surface area contributed by atoms with Crippen LogP contribution in [0.2, 0.25) is 0 Å². The van der Waals surface area contributed by atoms with Crippen LogP contribution >= 0.6 is 0 Å². The summed E-state index contributed by atoms with van der Waals surface area (Å²) in [4.78, 5) is 10.3. The van der Waals surface area contributed by atoms with Crippen molar-refractivity contribution in [1.82, 2.24) is 5.23 Å². The number of carbonyl (C=O) groups excluding carboxylic acids is 1. The quantitative estimate of drug-likeness (QED) is 0.452. The van der Waals surface area contributed by atoms with Crippen LogP contribution in [0.15, 0.2) is 0 Å². The highest BCUT2D eigenvalue weighted by atomic mass is 16.1. The largest absolute Gasteiger partial charge is 0.409 e. The lowest BCUT2D eigenvalue weighted by Gasteiger charge is -1.99. The normalized spacial score (nSPS) is 9.00. The highest BCUT2D eigenvalue weighted by Gasteiger charge is 1.99. The summed E-state index contributed by atoms with van der Waals surface area (Å²) in [6, 6.07) is 0. The number of hydrogen-bond donors (Lipinski definition) is 1. The first-order valence-corrected chi connectivity index (χ1v) is 2.19. The van der Waals surface area contributed by atoms with Crippen LogP contribution in [0.4, 0.5) is 0 Å². The van der Waals surface area contributed by atoms with Gasteiger partial charge in [-0.3, -0.25) is 4.79 Å². The lowest BCUT2D eigenvalue weighted by molar-refractivity contribution is -0.122. The molecule has 0 aromatic carbocycles. The van der Waals surface area contributed by atoms with Gasteiger partial charge in [0, 0.05) is 5.92 Å². The lowest BCUT2D eigenvalue weighted by atomic mass is 10.2. The Balaban J connectivity index is 3.35. The van der Waals surface area contributed by atoms with Crippen LogP contribution in [-0.2, 0) is 4.79 Å². The molecule has 0 aliphatic rings. The summed E-state index contributed by atoms with van der Waals surface area (Å²) in [6.07, 6.45) is 0.